The van der Waals surface area contributed by atoms with Crippen LogP contribution in [0.4, 0.5) is 10.5 Å². The number of carbonyl (C=O) groups is 1. The Morgan fingerprint density at radius 1 is 1.04 bits per heavy atom. The minimum absolute atomic E-state index is 0.371. The predicted molar refractivity (Wildman–Crippen MR) is 99.1 cm³/mol. The van der Waals surface area contributed by atoms with Gasteiger partial charge in [-0.2, -0.15) is 0 Å². The Labute approximate surface area is 156 Å². The van der Waals surface area contributed by atoms with Gasteiger partial charge in [0.1, 0.15) is 13.2 Å². The molecule has 132 valence electrons. The van der Waals surface area contributed by atoms with Crippen LogP contribution in [0.15, 0.2) is 36.4 Å². The topological polar surface area (TPSA) is 59.6 Å². The molecule has 7 heteroatoms. The van der Waals surface area contributed by atoms with E-state index in [0.717, 1.165) is 5.56 Å². The second-order valence-electron chi connectivity index (χ2n) is 6.19. The zero-order valence-corrected chi connectivity index (χ0v) is 15.4. The molecule has 25 heavy (non-hydrogen) atoms. The second-order valence-corrected chi connectivity index (χ2v) is 7.03. The van der Waals surface area contributed by atoms with Crippen molar-refractivity contribution >= 4 is 34.9 Å². The highest BCUT2D eigenvalue weighted by molar-refractivity contribution is 6.36. The molecule has 0 saturated carbocycles. The summed E-state index contributed by atoms with van der Waals surface area (Å²) in [4.78, 5) is 12.4. The lowest BCUT2D eigenvalue weighted by Crippen LogP contribution is -2.43. The van der Waals surface area contributed by atoms with Crippen LogP contribution < -0.4 is 20.1 Å². The molecule has 0 saturated heterocycles. The van der Waals surface area contributed by atoms with Crippen molar-refractivity contribution in [1.82, 2.24) is 5.32 Å². The summed E-state index contributed by atoms with van der Waals surface area (Å²) >= 11 is 11.9. The molecule has 1 aliphatic rings. The van der Waals surface area contributed by atoms with Crippen LogP contribution in [0.25, 0.3) is 0 Å². The maximum Gasteiger partial charge on any atom is 0.319 e. The van der Waals surface area contributed by atoms with Gasteiger partial charge in [-0.3, -0.25) is 0 Å². The number of hydrogen-bond acceptors (Lipinski definition) is 3. The number of amides is 2. The molecule has 3 rings (SSSR count). The van der Waals surface area contributed by atoms with Crippen LogP contribution in [0.2, 0.25) is 10.0 Å². The van der Waals surface area contributed by atoms with Gasteiger partial charge in [0.25, 0.3) is 0 Å². The van der Waals surface area contributed by atoms with E-state index in [-0.39, 0.29) is 6.03 Å². The van der Waals surface area contributed by atoms with Crippen molar-refractivity contribution in [1.29, 1.82) is 0 Å². The first kappa shape index (κ1) is 17.7. The number of carbonyl (C=O) groups excluding carboxylic acids is 1. The Hall–Kier alpha value is -2.11. The van der Waals surface area contributed by atoms with Gasteiger partial charge in [-0.05, 0) is 49.7 Å². The maximum atomic E-state index is 12.4. The van der Waals surface area contributed by atoms with Crippen molar-refractivity contribution in [2.45, 2.75) is 19.4 Å². The fourth-order valence-electron chi connectivity index (χ4n) is 2.53. The minimum atomic E-state index is -0.626. The Bertz CT molecular complexity index is 809. The van der Waals surface area contributed by atoms with E-state index in [2.05, 4.69) is 10.6 Å². The van der Waals surface area contributed by atoms with Crippen LogP contribution in [0.1, 0.15) is 19.4 Å². The molecule has 1 heterocycles. The standard InChI is InChI=1S/C18H18Cl2N2O3/c1-18(2,11-3-6-15-16(9-11)25-8-7-24-15)22-17(23)21-14-5-4-12(19)10-13(14)20/h3-6,9-10H,7-8H2,1-2H3,(H2,21,22,23). The van der Waals surface area contributed by atoms with Crippen molar-refractivity contribution in [3.8, 4) is 11.5 Å². The van der Waals surface area contributed by atoms with E-state index in [9.17, 15) is 4.79 Å². The van der Waals surface area contributed by atoms with Crippen LogP contribution in [0, 0.1) is 0 Å². The van der Waals surface area contributed by atoms with Gasteiger partial charge in [0.15, 0.2) is 11.5 Å². The average Bonchev–Trinajstić information content (AvgIpc) is 2.56. The SMILES string of the molecule is CC(C)(NC(=O)Nc1ccc(Cl)cc1Cl)c1ccc2c(c1)OCCO2. The number of nitrogens with one attached hydrogen (secondary N) is 2. The first-order chi connectivity index (χ1) is 11.8. The van der Waals surface area contributed by atoms with Crippen molar-refractivity contribution < 1.29 is 14.3 Å². The molecule has 0 radical (unpaired) electrons. The molecule has 5 nitrogen and oxygen atoms in total. The highest BCUT2D eigenvalue weighted by atomic mass is 35.5. The number of ether oxygens (including phenoxy) is 2. The first-order valence-corrected chi connectivity index (χ1v) is 8.55. The second kappa shape index (κ2) is 7.02. The Balaban J connectivity index is 1.73. The lowest BCUT2D eigenvalue weighted by molar-refractivity contribution is 0.171. The molecule has 0 spiro atoms. The highest BCUT2D eigenvalue weighted by Gasteiger charge is 2.25. The Morgan fingerprint density at radius 3 is 2.48 bits per heavy atom. The number of fused-ring (bicyclic) bond motifs is 1. The summed E-state index contributed by atoms with van der Waals surface area (Å²) in [6, 6.07) is 10.2. The van der Waals surface area contributed by atoms with Crippen LogP contribution in [-0.4, -0.2) is 19.2 Å². The summed E-state index contributed by atoms with van der Waals surface area (Å²) in [5.41, 5.74) is 0.759. The summed E-state index contributed by atoms with van der Waals surface area (Å²) in [6.45, 7) is 4.86. The Morgan fingerprint density at radius 2 is 1.76 bits per heavy atom. The van der Waals surface area contributed by atoms with Gasteiger partial charge in [0.2, 0.25) is 0 Å². The largest absolute Gasteiger partial charge is 0.486 e. The summed E-state index contributed by atoms with van der Waals surface area (Å²) in [6.07, 6.45) is 0. The van der Waals surface area contributed by atoms with Crippen LogP contribution in [0.5, 0.6) is 11.5 Å². The molecular formula is C18H18Cl2N2O3. The molecular weight excluding hydrogens is 363 g/mol. The molecule has 0 aliphatic carbocycles. The molecule has 2 N–H and O–H groups in total. The zero-order chi connectivity index (χ0) is 18.0. The van der Waals surface area contributed by atoms with Gasteiger partial charge < -0.3 is 20.1 Å². The monoisotopic (exact) mass is 380 g/mol. The molecule has 2 aromatic rings. The first-order valence-electron chi connectivity index (χ1n) is 7.79. The summed E-state index contributed by atoms with van der Waals surface area (Å²) in [5, 5.41) is 6.54. The molecule has 0 aromatic heterocycles. The number of anilines is 1. The van der Waals surface area contributed by atoms with Crippen LogP contribution in [-0.2, 0) is 5.54 Å². The zero-order valence-electron chi connectivity index (χ0n) is 13.9. The molecule has 0 unspecified atom stereocenters. The third kappa shape index (κ3) is 4.11. The summed E-state index contributed by atoms with van der Waals surface area (Å²) in [5.74, 6) is 1.39. The maximum absolute atomic E-state index is 12.4. The lowest BCUT2D eigenvalue weighted by Gasteiger charge is -2.29. The number of hydrogen-bond donors (Lipinski definition) is 2. The lowest BCUT2D eigenvalue weighted by atomic mass is 9.94. The van der Waals surface area contributed by atoms with Gasteiger partial charge in [-0.15, -0.1) is 0 Å². The van der Waals surface area contributed by atoms with Gasteiger partial charge in [-0.25, -0.2) is 4.79 Å². The normalized spacial score (nSPS) is 13.3. The molecule has 0 atom stereocenters. The minimum Gasteiger partial charge on any atom is -0.486 e. The van der Waals surface area contributed by atoms with E-state index in [0.29, 0.717) is 40.4 Å². The quantitative estimate of drug-likeness (QED) is 0.801. The van der Waals surface area contributed by atoms with Crippen LogP contribution >= 0.6 is 23.2 Å². The van der Waals surface area contributed by atoms with E-state index in [1.807, 2.05) is 32.0 Å². The number of halogens is 2. The smallest absolute Gasteiger partial charge is 0.319 e. The number of rotatable bonds is 3. The third-order valence-corrected chi connectivity index (χ3v) is 4.42. The van der Waals surface area contributed by atoms with E-state index < -0.39 is 5.54 Å². The van der Waals surface area contributed by atoms with Crippen molar-refractivity contribution in [2.24, 2.45) is 0 Å². The van der Waals surface area contributed by atoms with Gasteiger partial charge in [0.05, 0.1) is 16.2 Å². The van der Waals surface area contributed by atoms with E-state index >= 15 is 0 Å². The molecule has 1 aliphatic heterocycles. The molecule has 2 amide bonds. The molecule has 0 bridgehead atoms. The van der Waals surface area contributed by atoms with Gasteiger partial charge in [0, 0.05) is 5.02 Å². The van der Waals surface area contributed by atoms with E-state index in [1.165, 1.54) is 0 Å². The fourth-order valence-corrected chi connectivity index (χ4v) is 2.99. The molecule has 2 aromatic carbocycles. The Kier molecular flexibility index (Phi) is 4.97. The summed E-state index contributed by atoms with van der Waals surface area (Å²) < 4.78 is 11.1. The molecule has 0 fully saturated rings. The van der Waals surface area contributed by atoms with Gasteiger partial charge >= 0.3 is 6.03 Å². The predicted octanol–water partition coefficient (Wildman–Crippen LogP) is 4.82. The van der Waals surface area contributed by atoms with E-state index in [1.54, 1.807) is 18.2 Å². The van der Waals surface area contributed by atoms with Crippen molar-refractivity contribution in [3.05, 3.63) is 52.0 Å². The van der Waals surface area contributed by atoms with Gasteiger partial charge in [-0.1, -0.05) is 29.3 Å². The summed E-state index contributed by atoms with van der Waals surface area (Å²) in [7, 11) is 0. The van der Waals surface area contributed by atoms with Crippen molar-refractivity contribution in [3.63, 3.8) is 0 Å². The van der Waals surface area contributed by atoms with E-state index in [4.69, 9.17) is 32.7 Å². The number of urea groups is 1. The number of benzene rings is 2. The third-order valence-electron chi connectivity index (χ3n) is 3.87. The highest BCUT2D eigenvalue weighted by Crippen LogP contribution is 2.34. The van der Waals surface area contributed by atoms with Crippen molar-refractivity contribution in [2.75, 3.05) is 18.5 Å². The fraction of sp³-hybridized carbons (Fsp3) is 0.278. The van der Waals surface area contributed by atoms with Crippen LogP contribution in [0.3, 0.4) is 0 Å². The average molecular weight is 381 g/mol.